The van der Waals surface area contributed by atoms with Crippen molar-refractivity contribution in [2.45, 2.75) is 13.0 Å². The lowest BCUT2D eigenvalue weighted by Crippen LogP contribution is -2.14. The average Bonchev–Trinajstić information content (AvgIpc) is 2.18. The van der Waals surface area contributed by atoms with Gasteiger partial charge in [0.25, 0.3) is 0 Å². The number of aromatic hydroxyl groups is 1. The van der Waals surface area contributed by atoms with Crippen molar-refractivity contribution in [3.8, 4) is 5.75 Å². The van der Waals surface area contributed by atoms with Crippen LogP contribution in [0.4, 0.5) is 0 Å². The van der Waals surface area contributed by atoms with E-state index in [1.807, 2.05) is 6.07 Å². The molecule has 0 aliphatic carbocycles. The third kappa shape index (κ3) is 2.74. The third-order valence-electron chi connectivity index (χ3n) is 1.96. The monoisotopic (exact) mass is 195 g/mol. The van der Waals surface area contributed by atoms with Crippen LogP contribution in [0.5, 0.6) is 5.75 Å². The lowest BCUT2D eigenvalue weighted by atomic mass is 10.1. The van der Waals surface area contributed by atoms with Gasteiger partial charge in [0.05, 0.1) is 6.61 Å². The molecule has 1 aromatic carbocycles. The molecule has 0 saturated heterocycles. The van der Waals surface area contributed by atoms with E-state index < -0.39 is 0 Å². The van der Waals surface area contributed by atoms with Crippen LogP contribution in [-0.2, 0) is 17.8 Å². The predicted octanol–water partition coefficient (Wildman–Crippen LogP) is 0.173. The van der Waals surface area contributed by atoms with Crippen LogP contribution in [0, 0.1) is 0 Å². The van der Waals surface area contributed by atoms with Crippen LogP contribution in [0.25, 0.3) is 0 Å². The number of carbonyl (C=O) groups is 1. The first-order valence-electron chi connectivity index (χ1n) is 4.36. The molecule has 14 heavy (non-hydrogen) atoms. The largest absolute Gasteiger partial charge is 0.508 e. The summed E-state index contributed by atoms with van der Waals surface area (Å²) in [5.74, 6) is 0.0936. The van der Waals surface area contributed by atoms with E-state index in [-0.39, 0.29) is 12.4 Å². The van der Waals surface area contributed by atoms with E-state index in [1.165, 1.54) is 0 Å². The molecular weight excluding hydrogens is 182 g/mol. The van der Waals surface area contributed by atoms with E-state index in [1.54, 1.807) is 12.1 Å². The highest BCUT2D eigenvalue weighted by atomic mass is 16.3. The average molecular weight is 195 g/mol. The van der Waals surface area contributed by atoms with E-state index >= 15 is 0 Å². The van der Waals surface area contributed by atoms with Crippen molar-refractivity contribution in [1.82, 2.24) is 5.32 Å². The molecule has 0 atom stereocenters. The number of aliphatic hydroxyl groups excluding tert-OH is 1. The maximum atomic E-state index is 9.97. The van der Waals surface area contributed by atoms with Crippen molar-refractivity contribution in [3.05, 3.63) is 29.3 Å². The van der Waals surface area contributed by atoms with Crippen molar-refractivity contribution in [1.29, 1.82) is 0 Å². The van der Waals surface area contributed by atoms with Crippen LogP contribution >= 0.6 is 0 Å². The summed E-state index contributed by atoms with van der Waals surface area (Å²) in [7, 11) is 0. The fraction of sp³-hybridized carbons (Fsp3) is 0.300. The molecule has 0 fully saturated rings. The van der Waals surface area contributed by atoms with E-state index in [2.05, 4.69) is 5.32 Å². The molecule has 1 rings (SSSR count). The summed E-state index contributed by atoms with van der Waals surface area (Å²) in [6.07, 6.45) is 1.31. The van der Waals surface area contributed by atoms with Gasteiger partial charge >= 0.3 is 0 Å². The molecule has 0 aromatic heterocycles. The highest BCUT2D eigenvalue weighted by molar-refractivity contribution is 5.46. The number of hydrogen-bond acceptors (Lipinski definition) is 3. The van der Waals surface area contributed by atoms with Crippen LogP contribution in [0.2, 0.25) is 0 Å². The smallest absolute Gasteiger partial charge is 0.207 e. The predicted molar refractivity (Wildman–Crippen MR) is 51.8 cm³/mol. The van der Waals surface area contributed by atoms with Gasteiger partial charge in [0.1, 0.15) is 5.75 Å². The molecule has 4 heteroatoms. The van der Waals surface area contributed by atoms with Gasteiger partial charge in [-0.05, 0) is 18.1 Å². The minimum atomic E-state index is -0.168. The Morgan fingerprint density at radius 3 is 2.79 bits per heavy atom. The molecule has 0 heterocycles. The van der Waals surface area contributed by atoms with Crippen molar-refractivity contribution in [2.24, 2.45) is 0 Å². The number of benzene rings is 1. The molecule has 0 aliphatic heterocycles. The van der Waals surface area contributed by atoms with E-state index in [9.17, 15) is 9.90 Å². The van der Waals surface area contributed by atoms with E-state index in [0.29, 0.717) is 24.9 Å². The van der Waals surface area contributed by atoms with Gasteiger partial charge in [0.15, 0.2) is 0 Å². The number of nitrogens with one attached hydrogen (secondary N) is 1. The maximum Gasteiger partial charge on any atom is 0.207 e. The summed E-state index contributed by atoms with van der Waals surface area (Å²) in [6, 6.07) is 5.08. The fourth-order valence-corrected chi connectivity index (χ4v) is 1.17. The first-order valence-corrected chi connectivity index (χ1v) is 4.36. The highest BCUT2D eigenvalue weighted by Crippen LogP contribution is 2.18. The van der Waals surface area contributed by atoms with Crippen LogP contribution in [-0.4, -0.2) is 23.2 Å². The van der Waals surface area contributed by atoms with Gasteiger partial charge in [-0.3, -0.25) is 4.79 Å². The van der Waals surface area contributed by atoms with Gasteiger partial charge in [-0.2, -0.15) is 0 Å². The van der Waals surface area contributed by atoms with Crippen molar-refractivity contribution in [2.75, 3.05) is 6.54 Å². The molecular formula is C10H13NO3. The summed E-state index contributed by atoms with van der Waals surface area (Å²) in [5.41, 5.74) is 1.44. The quantitative estimate of drug-likeness (QED) is 0.463. The first-order chi connectivity index (χ1) is 6.77. The number of carbonyl (C=O) groups excluding carboxylic acids is 1. The normalized spacial score (nSPS) is 9.79. The minimum absolute atomic E-state index is 0.0936. The van der Waals surface area contributed by atoms with Crippen LogP contribution < -0.4 is 5.32 Å². The zero-order valence-electron chi connectivity index (χ0n) is 7.73. The fourth-order valence-electron chi connectivity index (χ4n) is 1.17. The summed E-state index contributed by atoms with van der Waals surface area (Å²) in [4.78, 5) is 9.97. The molecule has 4 nitrogen and oxygen atoms in total. The Hall–Kier alpha value is -1.55. The van der Waals surface area contributed by atoms with Gasteiger partial charge in [-0.15, -0.1) is 0 Å². The van der Waals surface area contributed by atoms with Crippen molar-refractivity contribution in [3.63, 3.8) is 0 Å². The van der Waals surface area contributed by atoms with Crippen LogP contribution in [0.3, 0.4) is 0 Å². The molecule has 1 amide bonds. The Kier molecular flexibility index (Phi) is 3.94. The van der Waals surface area contributed by atoms with Crippen LogP contribution in [0.15, 0.2) is 18.2 Å². The lowest BCUT2D eigenvalue weighted by molar-refractivity contribution is -0.109. The molecule has 76 valence electrons. The molecule has 0 unspecified atom stereocenters. The van der Waals surface area contributed by atoms with Gasteiger partial charge in [0.2, 0.25) is 6.41 Å². The maximum absolute atomic E-state index is 9.97. The number of amides is 1. The molecule has 0 spiro atoms. The number of aliphatic hydroxyl groups is 1. The van der Waals surface area contributed by atoms with Gasteiger partial charge in [-0.25, -0.2) is 0 Å². The van der Waals surface area contributed by atoms with Crippen molar-refractivity contribution < 1.29 is 15.0 Å². The summed E-state index contributed by atoms with van der Waals surface area (Å²) >= 11 is 0. The van der Waals surface area contributed by atoms with E-state index in [0.717, 1.165) is 5.56 Å². The second-order valence-electron chi connectivity index (χ2n) is 2.94. The van der Waals surface area contributed by atoms with Gasteiger partial charge in [-0.1, -0.05) is 12.1 Å². The van der Waals surface area contributed by atoms with E-state index in [4.69, 9.17) is 5.11 Å². The number of rotatable bonds is 5. The molecule has 0 aliphatic rings. The summed E-state index contributed by atoms with van der Waals surface area (Å²) < 4.78 is 0. The summed E-state index contributed by atoms with van der Waals surface area (Å²) in [5, 5.41) is 20.7. The zero-order valence-corrected chi connectivity index (χ0v) is 7.73. The Morgan fingerprint density at radius 1 is 1.43 bits per heavy atom. The molecule has 0 radical (unpaired) electrons. The second kappa shape index (κ2) is 5.24. The zero-order chi connectivity index (χ0) is 10.4. The molecule has 0 bridgehead atoms. The Bertz CT molecular complexity index is 312. The standard InChI is InChI=1S/C10H13NO3/c12-6-9-2-1-8(5-10(9)14)3-4-11-7-13/h1-2,5,7,12,14H,3-4,6H2,(H,11,13). The van der Waals surface area contributed by atoms with Crippen molar-refractivity contribution >= 4 is 6.41 Å². The Balaban J connectivity index is 2.61. The first kappa shape index (κ1) is 10.5. The Morgan fingerprint density at radius 2 is 2.21 bits per heavy atom. The van der Waals surface area contributed by atoms with Crippen LogP contribution in [0.1, 0.15) is 11.1 Å². The Labute approximate surface area is 82.2 Å². The number of hydrogen-bond donors (Lipinski definition) is 3. The second-order valence-corrected chi connectivity index (χ2v) is 2.94. The lowest BCUT2D eigenvalue weighted by Gasteiger charge is -2.04. The minimum Gasteiger partial charge on any atom is -0.508 e. The SMILES string of the molecule is O=CNCCc1ccc(CO)c(O)c1. The van der Waals surface area contributed by atoms with Gasteiger partial charge in [0, 0.05) is 12.1 Å². The molecule has 0 saturated carbocycles. The van der Waals surface area contributed by atoms with Gasteiger partial charge < -0.3 is 15.5 Å². The number of phenols is 1. The highest BCUT2D eigenvalue weighted by Gasteiger charge is 2.00. The summed E-state index contributed by atoms with van der Waals surface area (Å²) in [6.45, 7) is 0.375. The topological polar surface area (TPSA) is 69.6 Å². The molecule has 3 N–H and O–H groups in total. The molecule has 1 aromatic rings. The third-order valence-corrected chi connectivity index (χ3v) is 1.96.